The summed E-state index contributed by atoms with van der Waals surface area (Å²) in [6.07, 6.45) is 3.36. The SMILES string of the molecule is COc1ccc2nc(C3=NC(C(=O)OCc4cccnc4)CS3)sc2c1. The first-order valence-corrected chi connectivity index (χ1v) is 9.74. The Morgan fingerprint density at radius 1 is 1.35 bits per heavy atom. The Bertz CT molecular complexity index is 972. The number of carbonyl (C=O) groups is 1. The molecule has 0 radical (unpaired) electrons. The molecule has 2 aromatic heterocycles. The van der Waals surface area contributed by atoms with Gasteiger partial charge < -0.3 is 9.47 Å². The van der Waals surface area contributed by atoms with Gasteiger partial charge in [-0.3, -0.25) is 9.98 Å². The Labute approximate surface area is 158 Å². The van der Waals surface area contributed by atoms with Crippen molar-refractivity contribution >= 4 is 44.3 Å². The van der Waals surface area contributed by atoms with Crippen LogP contribution in [0, 0.1) is 0 Å². The van der Waals surface area contributed by atoms with Crippen molar-refractivity contribution in [2.24, 2.45) is 4.99 Å². The third-order valence-corrected chi connectivity index (χ3v) is 6.01. The lowest BCUT2D eigenvalue weighted by atomic mass is 10.3. The second-order valence-corrected chi connectivity index (χ2v) is 7.62. The van der Waals surface area contributed by atoms with Crippen LogP contribution < -0.4 is 4.74 Å². The molecule has 132 valence electrons. The van der Waals surface area contributed by atoms with Crippen molar-refractivity contribution in [3.63, 3.8) is 0 Å². The van der Waals surface area contributed by atoms with E-state index in [0.717, 1.165) is 31.6 Å². The lowest BCUT2D eigenvalue weighted by molar-refractivity contribution is -0.145. The molecule has 3 aromatic rings. The van der Waals surface area contributed by atoms with Gasteiger partial charge in [0.25, 0.3) is 0 Å². The van der Waals surface area contributed by atoms with Crippen LogP contribution in [-0.2, 0) is 16.1 Å². The number of hydrogen-bond donors (Lipinski definition) is 0. The summed E-state index contributed by atoms with van der Waals surface area (Å²) in [4.78, 5) is 25.4. The van der Waals surface area contributed by atoms with Gasteiger partial charge in [-0.15, -0.1) is 23.1 Å². The molecule has 3 heterocycles. The average Bonchev–Trinajstić information content (AvgIpc) is 3.33. The molecule has 0 fully saturated rings. The monoisotopic (exact) mass is 385 g/mol. The Kier molecular flexibility index (Phi) is 4.85. The molecular formula is C18H15N3O3S2. The predicted molar refractivity (Wildman–Crippen MR) is 103 cm³/mol. The molecule has 6 nitrogen and oxygen atoms in total. The van der Waals surface area contributed by atoms with Crippen LogP contribution in [0.1, 0.15) is 10.6 Å². The molecule has 0 amide bonds. The summed E-state index contributed by atoms with van der Waals surface area (Å²) in [6.45, 7) is 0.208. The molecule has 0 saturated carbocycles. The zero-order valence-corrected chi connectivity index (χ0v) is 15.5. The van der Waals surface area contributed by atoms with Crippen LogP contribution in [0.3, 0.4) is 0 Å². The third kappa shape index (κ3) is 3.56. The van der Waals surface area contributed by atoms with Crippen molar-refractivity contribution in [3.8, 4) is 5.75 Å². The summed E-state index contributed by atoms with van der Waals surface area (Å²) in [6, 6.07) is 8.95. The number of ether oxygens (including phenoxy) is 2. The van der Waals surface area contributed by atoms with Gasteiger partial charge in [0, 0.05) is 23.7 Å². The van der Waals surface area contributed by atoms with Crippen molar-refractivity contribution < 1.29 is 14.3 Å². The molecule has 0 aliphatic carbocycles. The molecule has 26 heavy (non-hydrogen) atoms. The number of hydrogen-bond acceptors (Lipinski definition) is 8. The molecule has 4 rings (SSSR count). The summed E-state index contributed by atoms with van der Waals surface area (Å²) in [5, 5.41) is 1.61. The van der Waals surface area contributed by atoms with Gasteiger partial charge in [-0.1, -0.05) is 6.07 Å². The highest BCUT2D eigenvalue weighted by atomic mass is 32.2. The second kappa shape index (κ2) is 7.43. The number of pyridine rings is 1. The molecule has 0 bridgehead atoms. The van der Waals surface area contributed by atoms with Crippen LogP contribution in [0.5, 0.6) is 5.75 Å². The molecular weight excluding hydrogens is 370 g/mol. The summed E-state index contributed by atoms with van der Waals surface area (Å²) in [5.74, 6) is 1.05. The van der Waals surface area contributed by atoms with E-state index in [9.17, 15) is 4.79 Å². The normalized spacial score (nSPS) is 16.5. The Hall–Kier alpha value is -2.45. The number of esters is 1. The number of thiazole rings is 1. The molecule has 1 unspecified atom stereocenters. The molecule has 1 aromatic carbocycles. The summed E-state index contributed by atoms with van der Waals surface area (Å²) >= 11 is 3.08. The summed E-state index contributed by atoms with van der Waals surface area (Å²) in [7, 11) is 1.64. The summed E-state index contributed by atoms with van der Waals surface area (Å²) in [5.41, 5.74) is 1.76. The number of carbonyl (C=O) groups excluding carboxylic acids is 1. The Morgan fingerprint density at radius 3 is 3.08 bits per heavy atom. The number of fused-ring (bicyclic) bond motifs is 1. The molecule has 1 aliphatic heterocycles. The van der Waals surface area contributed by atoms with E-state index in [4.69, 9.17) is 9.47 Å². The average molecular weight is 385 g/mol. The van der Waals surface area contributed by atoms with Crippen LogP contribution in [0.2, 0.25) is 0 Å². The van der Waals surface area contributed by atoms with Crippen LogP contribution in [0.25, 0.3) is 10.2 Å². The van der Waals surface area contributed by atoms with Gasteiger partial charge in [-0.05, 0) is 24.3 Å². The van der Waals surface area contributed by atoms with E-state index in [0.29, 0.717) is 5.75 Å². The van der Waals surface area contributed by atoms with Gasteiger partial charge in [-0.2, -0.15) is 0 Å². The van der Waals surface area contributed by atoms with Crippen LogP contribution in [0.4, 0.5) is 0 Å². The number of aromatic nitrogens is 2. The zero-order valence-electron chi connectivity index (χ0n) is 13.9. The lowest BCUT2D eigenvalue weighted by Crippen LogP contribution is -2.21. The van der Waals surface area contributed by atoms with Crippen LogP contribution in [0.15, 0.2) is 47.7 Å². The van der Waals surface area contributed by atoms with Crippen molar-refractivity contribution in [2.75, 3.05) is 12.9 Å². The minimum Gasteiger partial charge on any atom is -0.497 e. The van der Waals surface area contributed by atoms with E-state index in [1.54, 1.807) is 30.8 Å². The smallest absolute Gasteiger partial charge is 0.332 e. The Balaban J connectivity index is 1.46. The molecule has 1 atom stereocenters. The van der Waals surface area contributed by atoms with E-state index in [1.165, 1.54) is 11.8 Å². The lowest BCUT2D eigenvalue weighted by Gasteiger charge is -2.06. The maximum Gasteiger partial charge on any atom is 0.332 e. The molecule has 0 saturated heterocycles. The third-order valence-electron chi connectivity index (χ3n) is 3.81. The molecule has 1 aliphatic rings. The zero-order chi connectivity index (χ0) is 17.9. The number of thioether (sulfide) groups is 1. The van der Waals surface area contributed by atoms with Gasteiger partial charge in [0.2, 0.25) is 0 Å². The van der Waals surface area contributed by atoms with Crippen molar-refractivity contribution in [2.45, 2.75) is 12.6 Å². The van der Waals surface area contributed by atoms with E-state index in [-0.39, 0.29) is 12.6 Å². The van der Waals surface area contributed by atoms with Crippen LogP contribution in [-0.4, -0.2) is 39.9 Å². The van der Waals surface area contributed by atoms with Crippen molar-refractivity contribution in [3.05, 3.63) is 53.3 Å². The van der Waals surface area contributed by atoms with E-state index >= 15 is 0 Å². The fourth-order valence-corrected chi connectivity index (χ4v) is 4.55. The minimum absolute atomic E-state index is 0.208. The van der Waals surface area contributed by atoms with Gasteiger partial charge >= 0.3 is 5.97 Å². The first-order chi connectivity index (χ1) is 12.7. The highest BCUT2D eigenvalue weighted by Gasteiger charge is 2.28. The first-order valence-electron chi connectivity index (χ1n) is 7.94. The standard InChI is InChI=1S/C18H15N3O3S2/c1-23-12-4-5-13-15(7-12)26-17(20-13)16-21-14(10-25-16)18(22)24-9-11-3-2-6-19-8-11/h2-8,14H,9-10H2,1H3. The molecule has 0 spiro atoms. The topological polar surface area (TPSA) is 73.7 Å². The first kappa shape index (κ1) is 17.0. The molecule has 0 N–H and O–H groups in total. The van der Waals surface area contributed by atoms with Gasteiger partial charge in [0.1, 0.15) is 22.4 Å². The van der Waals surface area contributed by atoms with Crippen molar-refractivity contribution in [1.82, 2.24) is 9.97 Å². The number of aliphatic imine (C=N–C) groups is 1. The largest absolute Gasteiger partial charge is 0.497 e. The van der Waals surface area contributed by atoms with E-state index in [1.807, 2.05) is 30.3 Å². The molecule has 8 heteroatoms. The Morgan fingerprint density at radius 2 is 2.27 bits per heavy atom. The maximum absolute atomic E-state index is 12.3. The number of rotatable bonds is 5. The van der Waals surface area contributed by atoms with Crippen molar-refractivity contribution in [1.29, 1.82) is 0 Å². The predicted octanol–water partition coefficient (Wildman–Crippen LogP) is 3.31. The van der Waals surface area contributed by atoms with Crippen LogP contribution >= 0.6 is 23.1 Å². The highest BCUT2D eigenvalue weighted by Crippen LogP contribution is 2.31. The van der Waals surface area contributed by atoms with Gasteiger partial charge in [0.15, 0.2) is 6.04 Å². The van der Waals surface area contributed by atoms with Gasteiger partial charge in [0.05, 0.1) is 17.3 Å². The number of benzene rings is 1. The fraction of sp³-hybridized carbons (Fsp3) is 0.222. The number of methoxy groups -OCH3 is 1. The second-order valence-electron chi connectivity index (χ2n) is 5.58. The maximum atomic E-state index is 12.3. The van der Waals surface area contributed by atoms with E-state index < -0.39 is 6.04 Å². The quantitative estimate of drug-likeness (QED) is 0.628. The summed E-state index contributed by atoms with van der Waals surface area (Å²) < 4.78 is 11.6. The minimum atomic E-state index is -0.492. The highest BCUT2D eigenvalue weighted by molar-refractivity contribution is 8.15. The van der Waals surface area contributed by atoms with E-state index in [2.05, 4.69) is 15.0 Å². The van der Waals surface area contributed by atoms with Gasteiger partial charge in [-0.25, -0.2) is 9.78 Å². The fourth-order valence-electron chi connectivity index (χ4n) is 2.47. The number of nitrogens with zero attached hydrogens (tertiary/aromatic N) is 3.